The summed E-state index contributed by atoms with van der Waals surface area (Å²) in [6.07, 6.45) is 4.24. The van der Waals surface area contributed by atoms with Crippen molar-refractivity contribution in [3.05, 3.63) is 0 Å². The van der Waals surface area contributed by atoms with E-state index in [0.29, 0.717) is 18.0 Å². The molecule has 0 aliphatic heterocycles. The van der Waals surface area contributed by atoms with E-state index in [4.69, 9.17) is 9.05 Å². The molecule has 0 amide bonds. The Morgan fingerprint density at radius 2 is 1.25 bits per heavy atom. The van der Waals surface area contributed by atoms with Crippen molar-refractivity contribution in [3.8, 4) is 0 Å². The molecule has 0 radical (unpaired) electrons. The first-order chi connectivity index (χ1) is 9.18. The lowest BCUT2D eigenvalue weighted by Gasteiger charge is -2.27. The third kappa shape index (κ3) is 9.96. The Morgan fingerprint density at radius 1 is 0.850 bits per heavy atom. The van der Waals surface area contributed by atoms with E-state index >= 15 is 0 Å². The van der Waals surface area contributed by atoms with Gasteiger partial charge >= 0.3 is 7.60 Å². The summed E-state index contributed by atoms with van der Waals surface area (Å²) < 4.78 is 24.6. The predicted molar refractivity (Wildman–Crippen MR) is 87.4 cm³/mol. The quantitative estimate of drug-likeness (QED) is 0.447. The smallest absolute Gasteiger partial charge is 0.306 e. The molecule has 3 nitrogen and oxygen atoms in total. The summed E-state index contributed by atoms with van der Waals surface area (Å²) in [5.74, 6) is 1.08. The summed E-state index contributed by atoms with van der Waals surface area (Å²) in [6.45, 7) is 14.7. The maximum absolute atomic E-state index is 12.9. The largest absolute Gasteiger partial charge is 0.331 e. The maximum Gasteiger partial charge on any atom is 0.331 e. The third-order valence-corrected chi connectivity index (χ3v) is 5.30. The van der Waals surface area contributed by atoms with Gasteiger partial charge in [0.25, 0.3) is 0 Å². The van der Waals surface area contributed by atoms with Gasteiger partial charge in [-0.05, 0) is 44.9 Å². The van der Waals surface area contributed by atoms with Crippen molar-refractivity contribution in [3.63, 3.8) is 0 Å². The van der Waals surface area contributed by atoms with Crippen LogP contribution in [-0.2, 0) is 13.6 Å². The van der Waals surface area contributed by atoms with Gasteiger partial charge in [-0.1, -0.05) is 41.0 Å². The molecule has 0 rings (SSSR count). The van der Waals surface area contributed by atoms with Crippen LogP contribution in [0.5, 0.6) is 0 Å². The van der Waals surface area contributed by atoms with Gasteiger partial charge in [0.1, 0.15) is 0 Å². The molecule has 0 saturated heterocycles. The van der Waals surface area contributed by atoms with Gasteiger partial charge < -0.3 is 9.05 Å². The van der Waals surface area contributed by atoms with E-state index in [9.17, 15) is 4.57 Å². The molecule has 0 aliphatic carbocycles. The van der Waals surface area contributed by atoms with Crippen LogP contribution in [0.15, 0.2) is 0 Å². The lowest BCUT2D eigenvalue weighted by molar-refractivity contribution is 0.108. The Bertz CT molecular complexity index is 267. The van der Waals surface area contributed by atoms with Crippen LogP contribution in [0.4, 0.5) is 0 Å². The lowest BCUT2D eigenvalue weighted by atomic mass is 10.1. The fraction of sp³-hybridized carbons (Fsp3) is 1.00. The summed E-state index contributed by atoms with van der Waals surface area (Å²) >= 11 is 0. The van der Waals surface area contributed by atoms with E-state index < -0.39 is 7.60 Å². The monoisotopic (exact) mass is 306 g/mol. The molecular weight excluding hydrogens is 271 g/mol. The van der Waals surface area contributed by atoms with Gasteiger partial charge in [-0.2, -0.15) is 0 Å². The molecule has 0 aromatic rings. The minimum Gasteiger partial charge on any atom is -0.306 e. The molecule has 0 fully saturated rings. The SMILES string of the molecule is CCCCP(=O)(OC(C)CC(C)C)OC(C)CC(C)C. The van der Waals surface area contributed by atoms with Gasteiger partial charge in [-0.3, -0.25) is 4.57 Å². The van der Waals surface area contributed by atoms with Crippen molar-refractivity contribution < 1.29 is 13.6 Å². The number of unbranched alkanes of at least 4 members (excludes halogenated alkanes) is 1. The predicted octanol–water partition coefficient (Wildman–Crippen LogP) is 5.88. The Morgan fingerprint density at radius 3 is 1.55 bits per heavy atom. The van der Waals surface area contributed by atoms with Crippen LogP contribution in [0.2, 0.25) is 0 Å². The molecule has 0 heterocycles. The maximum atomic E-state index is 12.9. The van der Waals surface area contributed by atoms with Crippen LogP contribution < -0.4 is 0 Å². The van der Waals surface area contributed by atoms with Gasteiger partial charge in [0.2, 0.25) is 0 Å². The average molecular weight is 306 g/mol. The second-order valence-corrected chi connectivity index (χ2v) is 8.87. The Kier molecular flexibility index (Phi) is 10.0. The molecule has 2 atom stereocenters. The number of hydrogen-bond donors (Lipinski definition) is 0. The summed E-state index contributed by atoms with van der Waals surface area (Å²) in [7, 11) is -2.96. The van der Waals surface area contributed by atoms with Gasteiger partial charge in [0.15, 0.2) is 0 Å². The first kappa shape index (κ1) is 20.1. The fourth-order valence-electron chi connectivity index (χ4n) is 2.44. The van der Waals surface area contributed by atoms with E-state index in [-0.39, 0.29) is 12.2 Å². The van der Waals surface area contributed by atoms with Crippen molar-refractivity contribution in [2.24, 2.45) is 11.8 Å². The standard InChI is InChI=1S/C16H35O3P/c1-8-9-10-20(17,18-15(6)11-13(2)3)19-16(7)12-14(4)5/h13-16H,8-12H2,1-7H3. The van der Waals surface area contributed by atoms with Crippen LogP contribution in [0, 0.1) is 11.8 Å². The molecule has 122 valence electrons. The normalized spacial score (nSPS) is 18.2. The topological polar surface area (TPSA) is 35.5 Å². The van der Waals surface area contributed by atoms with Crippen LogP contribution in [-0.4, -0.2) is 18.4 Å². The highest BCUT2D eigenvalue weighted by atomic mass is 31.2. The molecule has 0 aromatic carbocycles. The third-order valence-electron chi connectivity index (χ3n) is 3.07. The molecule has 4 heteroatoms. The van der Waals surface area contributed by atoms with E-state index in [1.807, 2.05) is 13.8 Å². The minimum absolute atomic E-state index is 0.0102. The summed E-state index contributed by atoms with van der Waals surface area (Å²) in [5.41, 5.74) is 0. The number of hydrogen-bond acceptors (Lipinski definition) is 3. The molecule has 0 N–H and O–H groups in total. The van der Waals surface area contributed by atoms with Crippen LogP contribution in [0.3, 0.4) is 0 Å². The second-order valence-electron chi connectivity index (χ2n) is 6.78. The Balaban J connectivity index is 4.60. The van der Waals surface area contributed by atoms with Crippen LogP contribution in [0.1, 0.15) is 74.1 Å². The number of rotatable bonds is 11. The summed E-state index contributed by atoms with van der Waals surface area (Å²) in [4.78, 5) is 0. The van der Waals surface area contributed by atoms with Gasteiger partial charge in [-0.25, -0.2) is 0 Å². The molecule has 20 heavy (non-hydrogen) atoms. The Hall–Kier alpha value is 0.150. The first-order valence-electron chi connectivity index (χ1n) is 8.14. The fourth-order valence-corrected chi connectivity index (χ4v) is 4.68. The molecule has 0 aliphatic rings. The first-order valence-corrected chi connectivity index (χ1v) is 9.87. The highest BCUT2D eigenvalue weighted by molar-refractivity contribution is 7.53. The Labute approximate surface area is 126 Å². The van der Waals surface area contributed by atoms with Crippen molar-refractivity contribution in [1.82, 2.24) is 0 Å². The van der Waals surface area contributed by atoms with Crippen molar-refractivity contribution in [1.29, 1.82) is 0 Å². The minimum atomic E-state index is -2.96. The molecule has 0 bridgehead atoms. The molecule has 2 unspecified atom stereocenters. The zero-order chi connectivity index (χ0) is 15.8. The molecule has 0 saturated carbocycles. The average Bonchev–Trinajstić information content (AvgIpc) is 2.23. The van der Waals surface area contributed by atoms with Crippen molar-refractivity contribution in [2.45, 2.75) is 86.4 Å². The molecular formula is C16H35O3P. The zero-order valence-electron chi connectivity index (χ0n) is 14.5. The van der Waals surface area contributed by atoms with Gasteiger partial charge in [0.05, 0.1) is 18.4 Å². The van der Waals surface area contributed by atoms with Crippen molar-refractivity contribution >= 4 is 7.60 Å². The highest BCUT2D eigenvalue weighted by Gasteiger charge is 2.29. The second kappa shape index (κ2) is 9.97. The summed E-state index contributed by atoms with van der Waals surface area (Å²) in [6, 6.07) is 0. The van der Waals surface area contributed by atoms with E-state index in [2.05, 4.69) is 34.6 Å². The molecule has 0 aromatic heterocycles. The van der Waals surface area contributed by atoms with E-state index in [0.717, 1.165) is 25.7 Å². The van der Waals surface area contributed by atoms with Crippen LogP contribution in [0.25, 0.3) is 0 Å². The van der Waals surface area contributed by atoms with Crippen molar-refractivity contribution in [2.75, 3.05) is 6.16 Å². The molecule has 0 spiro atoms. The van der Waals surface area contributed by atoms with E-state index in [1.54, 1.807) is 0 Å². The van der Waals surface area contributed by atoms with Gasteiger partial charge in [-0.15, -0.1) is 0 Å². The summed E-state index contributed by atoms with van der Waals surface area (Å²) in [5, 5.41) is 0. The van der Waals surface area contributed by atoms with Crippen LogP contribution >= 0.6 is 7.60 Å². The van der Waals surface area contributed by atoms with Gasteiger partial charge in [0, 0.05) is 0 Å². The highest BCUT2D eigenvalue weighted by Crippen LogP contribution is 2.52. The zero-order valence-corrected chi connectivity index (χ0v) is 15.4. The lowest BCUT2D eigenvalue weighted by Crippen LogP contribution is -2.17. The van der Waals surface area contributed by atoms with E-state index in [1.165, 1.54) is 0 Å².